The number of hydrogen-bond acceptors (Lipinski definition) is 7. The summed E-state index contributed by atoms with van der Waals surface area (Å²) in [6, 6.07) is 16.5. The van der Waals surface area contributed by atoms with Gasteiger partial charge in [-0.1, -0.05) is 41.0 Å². The van der Waals surface area contributed by atoms with Crippen molar-refractivity contribution in [1.29, 1.82) is 0 Å². The zero-order valence-corrected chi connectivity index (χ0v) is 16.3. The van der Waals surface area contributed by atoms with Crippen LogP contribution in [0.2, 0.25) is 0 Å². The molecule has 1 aromatic heterocycles. The van der Waals surface area contributed by atoms with Gasteiger partial charge in [-0.05, 0) is 41.6 Å². The molecule has 0 saturated carbocycles. The monoisotopic (exact) mass is 407 g/mol. The van der Waals surface area contributed by atoms with E-state index in [0.29, 0.717) is 24.5 Å². The second-order valence-electron chi connectivity index (χ2n) is 7.43. The molecule has 2 aliphatic rings. The van der Waals surface area contributed by atoms with Gasteiger partial charge in [0.25, 0.3) is 5.91 Å². The quantitative estimate of drug-likeness (QED) is 0.689. The van der Waals surface area contributed by atoms with Crippen molar-refractivity contribution in [2.45, 2.75) is 31.2 Å². The molecule has 0 aliphatic carbocycles. The number of carbonyl (C=O) groups excluding carboxylic acids is 1. The van der Waals surface area contributed by atoms with E-state index in [2.05, 4.69) is 20.8 Å². The standard InChI is InChI=1S/C21H21N5O4/c1-13-7-9-14(10-8-13)20(27)22-16-11-28-19-17(12-29-18(16)19)26-21(23-24-25-26)30-15-5-3-2-4-6-15/h2-10,16-19H,11-12H2,1H3,(H,22,27)/t16-,17+,18-,19+/m1/s1. The number of benzene rings is 2. The molecule has 2 aromatic carbocycles. The molecular weight excluding hydrogens is 386 g/mol. The molecule has 9 heteroatoms. The number of amides is 1. The first-order valence-corrected chi connectivity index (χ1v) is 9.80. The Morgan fingerprint density at radius 2 is 1.83 bits per heavy atom. The minimum Gasteiger partial charge on any atom is -0.423 e. The largest absolute Gasteiger partial charge is 0.423 e. The number of rotatable bonds is 5. The fourth-order valence-corrected chi connectivity index (χ4v) is 3.82. The van der Waals surface area contributed by atoms with Crippen molar-refractivity contribution >= 4 is 5.91 Å². The number of aryl methyl sites for hydroxylation is 1. The van der Waals surface area contributed by atoms with E-state index in [1.165, 1.54) is 0 Å². The van der Waals surface area contributed by atoms with Crippen LogP contribution in [0.4, 0.5) is 0 Å². The number of hydrogen-bond donors (Lipinski definition) is 1. The lowest BCUT2D eigenvalue weighted by Crippen LogP contribution is -2.44. The molecule has 5 rings (SSSR count). The van der Waals surface area contributed by atoms with Crippen molar-refractivity contribution in [1.82, 2.24) is 25.5 Å². The smallest absolute Gasteiger partial charge is 0.341 e. The van der Waals surface area contributed by atoms with E-state index in [1.807, 2.05) is 61.5 Å². The van der Waals surface area contributed by atoms with Crippen molar-refractivity contribution in [3.8, 4) is 11.8 Å². The molecule has 154 valence electrons. The van der Waals surface area contributed by atoms with E-state index in [9.17, 15) is 4.79 Å². The van der Waals surface area contributed by atoms with Crippen LogP contribution in [0.1, 0.15) is 22.0 Å². The Kier molecular flexibility index (Phi) is 4.89. The number of para-hydroxylation sites is 1. The Morgan fingerprint density at radius 3 is 2.63 bits per heavy atom. The van der Waals surface area contributed by atoms with Gasteiger partial charge in [0.2, 0.25) is 0 Å². The number of carbonyl (C=O) groups is 1. The summed E-state index contributed by atoms with van der Waals surface area (Å²) in [4.78, 5) is 12.6. The molecule has 1 amide bonds. The minimum absolute atomic E-state index is 0.146. The maximum absolute atomic E-state index is 12.6. The molecule has 3 aromatic rings. The minimum atomic E-state index is -0.282. The molecule has 3 heterocycles. The molecule has 2 fully saturated rings. The number of tetrazole rings is 1. The van der Waals surface area contributed by atoms with Crippen molar-refractivity contribution in [2.24, 2.45) is 0 Å². The summed E-state index contributed by atoms with van der Waals surface area (Å²) in [5.74, 6) is 0.492. The zero-order valence-electron chi connectivity index (χ0n) is 16.3. The third-order valence-electron chi connectivity index (χ3n) is 5.39. The van der Waals surface area contributed by atoms with Gasteiger partial charge in [-0.15, -0.1) is 0 Å². The van der Waals surface area contributed by atoms with E-state index in [0.717, 1.165) is 5.56 Å². The first kappa shape index (κ1) is 18.7. The Labute approximate surface area is 172 Å². The van der Waals surface area contributed by atoms with Gasteiger partial charge in [0.1, 0.15) is 24.0 Å². The molecule has 2 aliphatic heterocycles. The number of fused-ring (bicyclic) bond motifs is 1. The lowest BCUT2D eigenvalue weighted by atomic mass is 10.1. The molecule has 1 N–H and O–H groups in total. The lowest BCUT2D eigenvalue weighted by molar-refractivity contribution is 0.0606. The van der Waals surface area contributed by atoms with Crippen LogP contribution in [0.25, 0.3) is 0 Å². The first-order chi connectivity index (χ1) is 14.7. The third-order valence-corrected chi connectivity index (χ3v) is 5.39. The van der Waals surface area contributed by atoms with Gasteiger partial charge in [0.15, 0.2) is 0 Å². The van der Waals surface area contributed by atoms with Gasteiger partial charge in [0, 0.05) is 5.56 Å². The summed E-state index contributed by atoms with van der Waals surface area (Å²) in [6.07, 6.45) is -0.562. The number of ether oxygens (including phenoxy) is 3. The number of aromatic nitrogens is 4. The van der Waals surface area contributed by atoms with Crippen LogP contribution in [0.3, 0.4) is 0 Å². The van der Waals surface area contributed by atoms with Crippen LogP contribution in [-0.4, -0.2) is 57.6 Å². The molecule has 0 bridgehead atoms. The van der Waals surface area contributed by atoms with E-state index >= 15 is 0 Å². The Hall–Kier alpha value is -3.30. The van der Waals surface area contributed by atoms with Crippen LogP contribution >= 0.6 is 0 Å². The summed E-state index contributed by atoms with van der Waals surface area (Å²) >= 11 is 0. The highest BCUT2D eigenvalue weighted by atomic mass is 16.6. The molecule has 2 saturated heterocycles. The fourth-order valence-electron chi connectivity index (χ4n) is 3.82. The fraction of sp³-hybridized carbons (Fsp3) is 0.333. The Balaban J connectivity index is 1.28. The number of nitrogens with one attached hydrogen (secondary N) is 1. The highest BCUT2D eigenvalue weighted by Gasteiger charge is 2.50. The van der Waals surface area contributed by atoms with Crippen molar-refractivity contribution in [2.75, 3.05) is 13.2 Å². The Bertz CT molecular complexity index is 1020. The summed E-state index contributed by atoms with van der Waals surface area (Å²) < 4.78 is 19.4. The van der Waals surface area contributed by atoms with Gasteiger partial charge in [-0.3, -0.25) is 4.79 Å². The SMILES string of the molecule is Cc1ccc(C(=O)N[C@@H]2CO[C@@H]3[C@@H]2OC[C@@H]3n2nnnc2Oc2ccccc2)cc1. The molecule has 0 spiro atoms. The van der Waals surface area contributed by atoms with E-state index in [4.69, 9.17) is 14.2 Å². The molecular formula is C21H21N5O4. The predicted octanol–water partition coefficient (Wildman–Crippen LogP) is 1.91. The molecule has 30 heavy (non-hydrogen) atoms. The Morgan fingerprint density at radius 1 is 1.07 bits per heavy atom. The van der Waals surface area contributed by atoms with Gasteiger partial charge in [-0.25, -0.2) is 0 Å². The molecule has 4 atom stereocenters. The average molecular weight is 407 g/mol. The highest BCUT2D eigenvalue weighted by molar-refractivity contribution is 5.94. The van der Waals surface area contributed by atoms with E-state index in [1.54, 1.807) is 4.68 Å². The van der Waals surface area contributed by atoms with Crippen LogP contribution in [0, 0.1) is 6.92 Å². The lowest BCUT2D eigenvalue weighted by Gasteiger charge is -2.18. The van der Waals surface area contributed by atoms with Gasteiger partial charge < -0.3 is 19.5 Å². The maximum Gasteiger partial charge on any atom is 0.341 e. The van der Waals surface area contributed by atoms with E-state index < -0.39 is 0 Å². The highest BCUT2D eigenvalue weighted by Crippen LogP contribution is 2.36. The molecule has 9 nitrogen and oxygen atoms in total. The molecule has 0 unspecified atom stereocenters. The zero-order chi connectivity index (χ0) is 20.5. The average Bonchev–Trinajstić information content (AvgIpc) is 3.47. The van der Waals surface area contributed by atoms with Crippen molar-refractivity contribution < 1.29 is 19.0 Å². The summed E-state index contributed by atoms with van der Waals surface area (Å²) in [5, 5.41) is 14.8. The summed E-state index contributed by atoms with van der Waals surface area (Å²) in [6.45, 7) is 2.71. The predicted molar refractivity (Wildman–Crippen MR) is 105 cm³/mol. The van der Waals surface area contributed by atoms with Crippen LogP contribution in [0.5, 0.6) is 11.8 Å². The second kappa shape index (κ2) is 7.85. The normalized spacial score (nSPS) is 25.1. The third kappa shape index (κ3) is 3.53. The van der Waals surface area contributed by atoms with Gasteiger partial charge in [0.05, 0.1) is 19.3 Å². The van der Waals surface area contributed by atoms with Gasteiger partial charge >= 0.3 is 6.01 Å². The summed E-state index contributed by atoms with van der Waals surface area (Å²) in [5.41, 5.74) is 1.71. The van der Waals surface area contributed by atoms with Crippen molar-refractivity contribution in [3.05, 3.63) is 65.7 Å². The molecule has 0 radical (unpaired) electrons. The van der Waals surface area contributed by atoms with Crippen molar-refractivity contribution in [3.63, 3.8) is 0 Å². The first-order valence-electron chi connectivity index (χ1n) is 9.80. The maximum atomic E-state index is 12.6. The topological polar surface area (TPSA) is 100 Å². The van der Waals surface area contributed by atoms with Gasteiger partial charge in [-0.2, -0.15) is 4.68 Å². The van der Waals surface area contributed by atoms with E-state index in [-0.39, 0.29) is 36.2 Å². The van der Waals surface area contributed by atoms with Crippen LogP contribution in [0.15, 0.2) is 54.6 Å². The summed E-state index contributed by atoms with van der Waals surface area (Å²) in [7, 11) is 0. The second-order valence-corrected chi connectivity index (χ2v) is 7.43. The van der Waals surface area contributed by atoms with Crippen LogP contribution < -0.4 is 10.1 Å². The van der Waals surface area contributed by atoms with Crippen LogP contribution in [-0.2, 0) is 9.47 Å². The number of nitrogens with zero attached hydrogens (tertiary/aromatic N) is 4.